The maximum absolute atomic E-state index is 10.5. The minimum absolute atomic E-state index is 0.126. The van der Waals surface area contributed by atoms with Crippen LogP contribution in [-0.2, 0) is 4.79 Å². The van der Waals surface area contributed by atoms with Crippen LogP contribution >= 0.6 is 0 Å². The fourth-order valence-electron chi connectivity index (χ4n) is 0.456. The summed E-state index contributed by atoms with van der Waals surface area (Å²) >= 11 is 0. The number of nitrogens with two attached hydrogens (primary N) is 1. The van der Waals surface area contributed by atoms with E-state index in [1.165, 1.54) is 0 Å². The Hall–Kier alpha value is -1.26. The lowest BCUT2D eigenvalue weighted by Gasteiger charge is -2.00. The SMILES string of the molecule is CC(CC(=O)NN)N=[N+]=[N-]. The molecule has 0 spiro atoms. The molecule has 0 saturated carbocycles. The summed E-state index contributed by atoms with van der Waals surface area (Å²) in [6, 6.07) is -0.339. The summed E-state index contributed by atoms with van der Waals surface area (Å²) in [5.74, 6) is 4.45. The maximum Gasteiger partial charge on any atom is 0.234 e. The standard InChI is InChI=1S/C4H9N5O/c1-3(8-9-6)2-4(10)7-5/h3H,2,5H2,1H3,(H,7,10). The highest BCUT2D eigenvalue weighted by atomic mass is 16.2. The summed E-state index contributed by atoms with van der Waals surface area (Å²) < 4.78 is 0. The number of carbonyl (C=O) groups excluding carboxylic acids is 1. The second kappa shape index (κ2) is 4.60. The number of carbonyl (C=O) groups is 1. The summed E-state index contributed by atoms with van der Waals surface area (Å²) in [5.41, 5.74) is 9.85. The van der Waals surface area contributed by atoms with Crippen LogP contribution in [0, 0.1) is 0 Å². The van der Waals surface area contributed by atoms with Crippen molar-refractivity contribution >= 4 is 5.91 Å². The molecule has 1 amide bonds. The van der Waals surface area contributed by atoms with Crippen molar-refractivity contribution in [3.05, 3.63) is 10.4 Å². The van der Waals surface area contributed by atoms with Gasteiger partial charge in [-0.3, -0.25) is 10.2 Å². The van der Waals surface area contributed by atoms with Gasteiger partial charge in [0.2, 0.25) is 5.91 Å². The van der Waals surface area contributed by atoms with Crippen LogP contribution in [0.4, 0.5) is 0 Å². The third kappa shape index (κ3) is 3.71. The van der Waals surface area contributed by atoms with Gasteiger partial charge in [0.25, 0.3) is 0 Å². The smallest absolute Gasteiger partial charge is 0.234 e. The number of hydrogen-bond acceptors (Lipinski definition) is 3. The first-order valence-corrected chi connectivity index (χ1v) is 2.74. The zero-order valence-electron chi connectivity index (χ0n) is 5.61. The largest absolute Gasteiger partial charge is 0.294 e. The van der Waals surface area contributed by atoms with Crippen LogP contribution in [0.25, 0.3) is 10.4 Å². The first kappa shape index (κ1) is 8.74. The zero-order chi connectivity index (χ0) is 7.98. The lowest BCUT2D eigenvalue weighted by Crippen LogP contribution is -2.31. The quantitative estimate of drug-likeness (QED) is 0.146. The van der Waals surface area contributed by atoms with Crippen LogP contribution in [0.15, 0.2) is 5.11 Å². The Morgan fingerprint density at radius 2 is 2.60 bits per heavy atom. The molecule has 1 atom stereocenters. The van der Waals surface area contributed by atoms with E-state index in [9.17, 15) is 4.79 Å². The van der Waals surface area contributed by atoms with E-state index in [1.54, 1.807) is 6.92 Å². The molecule has 0 aromatic heterocycles. The minimum Gasteiger partial charge on any atom is -0.294 e. The van der Waals surface area contributed by atoms with Gasteiger partial charge in [-0.05, 0) is 5.53 Å². The van der Waals surface area contributed by atoms with Gasteiger partial charge in [-0.1, -0.05) is 12.0 Å². The maximum atomic E-state index is 10.5. The van der Waals surface area contributed by atoms with E-state index in [4.69, 9.17) is 11.4 Å². The normalized spacial score (nSPS) is 11.4. The van der Waals surface area contributed by atoms with Crippen molar-refractivity contribution in [3.63, 3.8) is 0 Å². The average molecular weight is 143 g/mol. The number of nitrogens with zero attached hydrogens (tertiary/aromatic N) is 3. The van der Waals surface area contributed by atoms with E-state index in [0.717, 1.165) is 0 Å². The van der Waals surface area contributed by atoms with Crippen molar-refractivity contribution in [2.45, 2.75) is 19.4 Å². The third-order valence-electron chi connectivity index (χ3n) is 0.891. The molecule has 0 aliphatic rings. The fourth-order valence-corrected chi connectivity index (χ4v) is 0.456. The van der Waals surface area contributed by atoms with Crippen LogP contribution in [0.3, 0.4) is 0 Å². The zero-order valence-corrected chi connectivity index (χ0v) is 5.61. The van der Waals surface area contributed by atoms with E-state index in [2.05, 4.69) is 10.0 Å². The molecule has 6 nitrogen and oxygen atoms in total. The van der Waals surface area contributed by atoms with Crippen molar-refractivity contribution in [3.8, 4) is 0 Å². The molecule has 0 aliphatic heterocycles. The predicted molar refractivity (Wildman–Crippen MR) is 35.6 cm³/mol. The third-order valence-corrected chi connectivity index (χ3v) is 0.891. The van der Waals surface area contributed by atoms with E-state index >= 15 is 0 Å². The molecule has 0 radical (unpaired) electrons. The first-order valence-electron chi connectivity index (χ1n) is 2.74. The second-order valence-electron chi connectivity index (χ2n) is 1.83. The Bertz CT molecular complexity index is 161. The molecular formula is C4H9N5O. The minimum atomic E-state index is -0.339. The molecule has 3 N–H and O–H groups in total. The molecule has 0 fully saturated rings. The number of rotatable bonds is 3. The molecule has 0 rings (SSSR count). The van der Waals surface area contributed by atoms with Gasteiger partial charge in [-0.15, -0.1) is 0 Å². The summed E-state index contributed by atoms with van der Waals surface area (Å²) in [4.78, 5) is 13.0. The topological polar surface area (TPSA) is 104 Å². The van der Waals surface area contributed by atoms with Crippen LogP contribution in [0.5, 0.6) is 0 Å². The lowest BCUT2D eigenvalue weighted by atomic mass is 10.2. The van der Waals surface area contributed by atoms with Gasteiger partial charge in [0.15, 0.2) is 0 Å². The highest BCUT2D eigenvalue weighted by Gasteiger charge is 2.03. The molecule has 0 heterocycles. The number of azide groups is 1. The van der Waals surface area contributed by atoms with Crippen molar-refractivity contribution in [1.29, 1.82) is 0 Å². The Morgan fingerprint density at radius 3 is 3.00 bits per heavy atom. The van der Waals surface area contributed by atoms with Crippen molar-refractivity contribution < 1.29 is 4.79 Å². The van der Waals surface area contributed by atoms with Gasteiger partial charge in [-0.25, -0.2) is 5.84 Å². The van der Waals surface area contributed by atoms with E-state index in [-0.39, 0.29) is 18.4 Å². The van der Waals surface area contributed by atoms with Gasteiger partial charge >= 0.3 is 0 Å². The van der Waals surface area contributed by atoms with Crippen LogP contribution in [0.2, 0.25) is 0 Å². The predicted octanol–water partition coefficient (Wildman–Crippen LogP) is 0.0652. The van der Waals surface area contributed by atoms with Crippen LogP contribution in [0.1, 0.15) is 13.3 Å². The van der Waals surface area contributed by atoms with Gasteiger partial charge in [-0.2, -0.15) is 0 Å². The van der Waals surface area contributed by atoms with Crippen LogP contribution in [-0.4, -0.2) is 11.9 Å². The average Bonchev–Trinajstić information content (AvgIpc) is 1.88. The number of nitrogens with one attached hydrogen (secondary N) is 1. The molecule has 10 heavy (non-hydrogen) atoms. The molecule has 0 saturated heterocycles. The molecule has 0 aromatic rings. The first-order chi connectivity index (χ1) is 4.70. The molecule has 0 aromatic carbocycles. The number of hydrazine groups is 1. The van der Waals surface area contributed by atoms with Crippen molar-refractivity contribution in [2.75, 3.05) is 0 Å². The highest BCUT2D eigenvalue weighted by Crippen LogP contribution is 1.95. The fraction of sp³-hybridized carbons (Fsp3) is 0.750. The molecule has 6 heteroatoms. The molecular weight excluding hydrogens is 134 g/mol. The molecule has 0 bridgehead atoms. The Morgan fingerprint density at radius 1 is 2.00 bits per heavy atom. The Balaban J connectivity index is 3.67. The van der Waals surface area contributed by atoms with Crippen molar-refractivity contribution in [2.24, 2.45) is 11.0 Å². The summed E-state index contributed by atoms with van der Waals surface area (Å²) in [5, 5.41) is 3.28. The lowest BCUT2D eigenvalue weighted by molar-refractivity contribution is -0.121. The molecule has 56 valence electrons. The van der Waals surface area contributed by atoms with Gasteiger partial charge in [0.1, 0.15) is 0 Å². The van der Waals surface area contributed by atoms with E-state index in [0.29, 0.717) is 0 Å². The van der Waals surface area contributed by atoms with Gasteiger partial charge in [0, 0.05) is 17.4 Å². The van der Waals surface area contributed by atoms with Crippen molar-refractivity contribution in [1.82, 2.24) is 5.43 Å². The number of hydrogen-bond donors (Lipinski definition) is 2. The summed E-state index contributed by atoms with van der Waals surface area (Å²) in [6.07, 6.45) is 0.126. The van der Waals surface area contributed by atoms with Gasteiger partial charge < -0.3 is 0 Å². The number of amides is 1. The Labute approximate surface area is 58.0 Å². The van der Waals surface area contributed by atoms with Crippen LogP contribution < -0.4 is 11.3 Å². The Kier molecular flexibility index (Phi) is 4.02. The highest BCUT2D eigenvalue weighted by molar-refractivity contribution is 5.75. The summed E-state index contributed by atoms with van der Waals surface area (Å²) in [7, 11) is 0. The monoisotopic (exact) mass is 143 g/mol. The molecule has 0 aliphatic carbocycles. The van der Waals surface area contributed by atoms with Gasteiger partial charge in [0.05, 0.1) is 0 Å². The molecule has 1 unspecified atom stereocenters. The second-order valence-corrected chi connectivity index (χ2v) is 1.83. The summed E-state index contributed by atoms with van der Waals surface area (Å²) in [6.45, 7) is 1.63. The van der Waals surface area contributed by atoms with E-state index in [1.807, 2.05) is 5.43 Å². The van der Waals surface area contributed by atoms with E-state index < -0.39 is 0 Å².